The summed E-state index contributed by atoms with van der Waals surface area (Å²) in [6, 6.07) is 11.6. The fourth-order valence-corrected chi connectivity index (χ4v) is 2.23. The molecule has 0 unspecified atom stereocenters. The number of carbonyl (C=O) groups is 1. The average molecular weight is 277 g/mol. The van der Waals surface area contributed by atoms with Gasteiger partial charge < -0.3 is 5.32 Å². The third kappa shape index (κ3) is 2.74. The molecule has 1 aliphatic heterocycles. The SMILES string of the molecule is Cc1ccc(/C=C2\N=C(c3ccccn3)NC2=O)c(C)c1. The van der Waals surface area contributed by atoms with Gasteiger partial charge in [0.15, 0.2) is 5.84 Å². The van der Waals surface area contributed by atoms with Crippen LogP contribution in [0.25, 0.3) is 6.08 Å². The fraction of sp³-hybridized carbons (Fsp3) is 0.118. The Morgan fingerprint density at radius 1 is 1.14 bits per heavy atom. The number of aromatic nitrogens is 1. The summed E-state index contributed by atoms with van der Waals surface area (Å²) >= 11 is 0. The van der Waals surface area contributed by atoms with Crippen LogP contribution in [0.4, 0.5) is 0 Å². The molecule has 2 aromatic rings. The van der Waals surface area contributed by atoms with E-state index in [0.717, 1.165) is 11.1 Å². The Morgan fingerprint density at radius 2 is 2.00 bits per heavy atom. The number of amides is 1. The second-order valence-electron chi connectivity index (χ2n) is 5.02. The molecule has 0 saturated carbocycles. The minimum absolute atomic E-state index is 0.198. The second-order valence-corrected chi connectivity index (χ2v) is 5.02. The van der Waals surface area contributed by atoms with Crippen molar-refractivity contribution in [1.29, 1.82) is 0 Å². The molecule has 4 heteroatoms. The predicted octanol–water partition coefficient (Wildman–Crippen LogP) is 2.62. The van der Waals surface area contributed by atoms with Crippen LogP contribution in [0.5, 0.6) is 0 Å². The number of nitrogens with one attached hydrogen (secondary N) is 1. The molecule has 0 radical (unpaired) electrons. The van der Waals surface area contributed by atoms with E-state index >= 15 is 0 Å². The van der Waals surface area contributed by atoms with Crippen molar-refractivity contribution >= 4 is 17.8 Å². The molecule has 0 bridgehead atoms. The molecule has 0 aliphatic carbocycles. The minimum Gasteiger partial charge on any atom is -0.303 e. The summed E-state index contributed by atoms with van der Waals surface area (Å²) in [5.41, 5.74) is 4.38. The molecule has 3 rings (SSSR count). The number of amidine groups is 1. The van der Waals surface area contributed by atoms with Crippen LogP contribution in [0.15, 0.2) is 53.3 Å². The van der Waals surface area contributed by atoms with Gasteiger partial charge in [-0.05, 0) is 43.2 Å². The van der Waals surface area contributed by atoms with Crippen LogP contribution < -0.4 is 5.32 Å². The summed E-state index contributed by atoms with van der Waals surface area (Å²) in [6.07, 6.45) is 3.48. The Balaban J connectivity index is 1.97. The van der Waals surface area contributed by atoms with Crippen LogP contribution >= 0.6 is 0 Å². The molecule has 0 fully saturated rings. The maximum absolute atomic E-state index is 12.0. The number of aliphatic imine (C=N–C) groups is 1. The predicted molar refractivity (Wildman–Crippen MR) is 82.8 cm³/mol. The molecular formula is C17H15N3O. The van der Waals surface area contributed by atoms with Crippen molar-refractivity contribution in [1.82, 2.24) is 10.3 Å². The molecule has 0 atom stereocenters. The number of hydrogen-bond donors (Lipinski definition) is 1. The fourth-order valence-electron chi connectivity index (χ4n) is 2.23. The van der Waals surface area contributed by atoms with Gasteiger partial charge in [0.2, 0.25) is 0 Å². The largest absolute Gasteiger partial charge is 0.303 e. The second kappa shape index (κ2) is 5.32. The zero-order valence-corrected chi connectivity index (χ0v) is 11.9. The van der Waals surface area contributed by atoms with E-state index in [4.69, 9.17) is 0 Å². The molecule has 2 heterocycles. The van der Waals surface area contributed by atoms with Gasteiger partial charge in [-0.25, -0.2) is 4.99 Å². The molecule has 0 saturated heterocycles. The standard InChI is InChI=1S/C17H15N3O/c1-11-6-7-13(12(2)9-11)10-15-17(21)20-16(19-15)14-5-3-4-8-18-14/h3-10H,1-2H3,(H,19,20,21)/b15-10-. The van der Waals surface area contributed by atoms with Gasteiger partial charge >= 0.3 is 0 Å². The summed E-state index contributed by atoms with van der Waals surface area (Å²) in [4.78, 5) is 20.6. The lowest BCUT2D eigenvalue weighted by Gasteiger charge is -2.01. The summed E-state index contributed by atoms with van der Waals surface area (Å²) < 4.78 is 0. The molecule has 4 nitrogen and oxygen atoms in total. The van der Waals surface area contributed by atoms with Crippen LogP contribution in [0.2, 0.25) is 0 Å². The third-order valence-corrected chi connectivity index (χ3v) is 3.32. The van der Waals surface area contributed by atoms with Crippen LogP contribution in [0, 0.1) is 13.8 Å². The van der Waals surface area contributed by atoms with E-state index in [1.165, 1.54) is 5.56 Å². The summed E-state index contributed by atoms with van der Waals surface area (Å²) in [6.45, 7) is 4.07. The van der Waals surface area contributed by atoms with Crippen molar-refractivity contribution < 1.29 is 4.79 Å². The molecule has 1 amide bonds. The highest BCUT2D eigenvalue weighted by molar-refractivity contribution is 6.19. The van der Waals surface area contributed by atoms with Crippen molar-refractivity contribution in [2.75, 3.05) is 0 Å². The Kier molecular flexibility index (Phi) is 3.36. The molecule has 21 heavy (non-hydrogen) atoms. The Bertz CT molecular complexity index is 761. The van der Waals surface area contributed by atoms with Crippen molar-refractivity contribution in [3.8, 4) is 0 Å². The lowest BCUT2D eigenvalue weighted by Crippen LogP contribution is -2.25. The number of aryl methyl sites for hydroxylation is 2. The molecule has 1 aromatic heterocycles. The van der Waals surface area contributed by atoms with Crippen molar-refractivity contribution in [2.24, 2.45) is 4.99 Å². The number of benzene rings is 1. The summed E-state index contributed by atoms with van der Waals surface area (Å²) in [7, 11) is 0. The highest BCUT2D eigenvalue weighted by Gasteiger charge is 2.21. The third-order valence-electron chi connectivity index (χ3n) is 3.32. The Morgan fingerprint density at radius 3 is 2.71 bits per heavy atom. The molecule has 104 valence electrons. The maximum atomic E-state index is 12.0. The maximum Gasteiger partial charge on any atom is 0.275 e. The first-order valence-electron chi connectivity index (χ1n) is 6.74. The summed E-state index contributed by atoms with van der Waals surface area (Å²) in [5, 5.41) is 2.75. The van der Waals surface area contributed by atoms with Crippen LogP contribution in [-0.2, 0) is 4.79 Å². The zero-order valence-electron chi connectivity index (χ0n) is 11.9. The molecular weight excluding hydrogens is 262 g/mol. The number of nitrogens with zero attached hydrogens (tertiary/aromatic N) is 2. The van der Waals surface area contributed by atoms with Gasteiger partial charge in [0.25, 0.3) is 5.91 Å². The Labute approximate surface area is 123 Å². The first-order chi connectivity index (χ1) is 10.1. The van der Waals surface area contributed by atoms with Gasteiger partial charge in [-0.3, -0.25) is 9.78 Å². The topological polar surface area (TPSA) is 54.4 Å². The van der Waals surface area contributed by atoms with Crippen LogP contribution in [-0.4, -0.2) is 16.7 Å². The molecule has 0 spiro atoms. The quantitative estimate of drug-likeness (QED) is 0.858. The lowest BCUT2D eigenvalue weighted by molar-refractivity contribution is -0.115. The van der Waals surface area contributed by atoms with E-state index in [0.29, 0.717) is 17.2 Å². The van der Waals surface area contributed by atoms with E-state index in [1.807, 2.05) is 44.2 Å². The average Bonchev–Trinajstić information content (AvgIpc) is 2.84. The van der Waals surface area contributed by atoms with Gasteiger partial charge in [-0.1, -0.05) is 29.8 Å². The number of carbonyl (C=O) groups excluding carboxylic acids is 1. The van der Waals surface area contributed by atoms with Crippen molar-refractivity contribution in [3.05, 3.63) is 70.7 Å². The first kappa shape index (κ1) is 13.2. The van der Waals surface area contributed by atoms with E-state index in [9.17, 15) is 4.79 Å². The summed E-state index contributed by atoms with van der Waals surface area (Å²) in [5.74, 6) is 0.298. The smallest absolute Gasteiger partial charge is 0.275 e. The van der Waals surface area contributed by atoms with E-state index < -0.39 is 0 Å². The van der Waals surface area contributed by atoms with E-state index in [2.05, 4.69) is 21.4 Å². The van der Waals surface area contributed by atoms with Gasteiger partial charge in [0.1, 0.15) is 11.4 Å². The normalized spacial score (nSPS) is 16.0. The van der Waals surface area contributed by atoms with E-state index in [-0.39, 0.29) is 5.91 Å². The van der Waals surface area contributed by atoms with Gasteiger partial charge in [-0.15, -0.1) is 0 Å². The highest BCUT2D eigenvalue weighted by Crippen LogP contribution is 2.17. The number of hydrogen-bond acceptors (Lipinski definition) is 3. The zero-order chi connectivity index (χ0) is 14.8. The van der Waals surface area contributed by atoms with Gasteiger partial charge in [0.05, 0.1) is 0 Å². The van der Waals surface area contributed by atoms with E-state index in [1.54, 1.807) is 12.3 Å². The van der Waals surface area contributed by atoms with Gasteiger partial charge in [0, 0.05) is 6.20 Å². The number of rotatable bonds is 2. The van der Waals surface area contributed by atoms with Gasteiger partial charge in [-0.2, -0.15) is 0 Å². The number of pyridine rings is 1. The first-order valence-corrected chi connectivity index (χ1v) is 6.74. The minimum atomic E-state index is -0.198. The monoisotopic (exact) mass is 277 g/mol. The lowest BCUT2D eigenvalue weighted by atomic mass is 10.0. The van der Waals surface area contributed by atoms with Crippen LogP contribution in [0.3, 0.4) is 0 Å². The Hall–Kier alpha value is -2.75. The van der Waals surface area contributed by atoms with Crippen molar-refractivity contribution in [2.45, 2.75) is 13.8 Å². The molecule has 1 aromatic carbocycles. The highest BCUT2D eigenvalue weighted by atomic mass is 16.2. The molecule has 1 N–H and O–H groups in total. The van der Waals surface area contributed by atoms with Crippen LogP contribution in [0.1, 0.15) is 22.4 Å². The van der Waals surface area contributed by atoms with Crippen molar-refractivity contribution in [3.63, 3.8) is 0 Å². The molecule has 1 aliphatic rings.